The number of nitriles is 1. The maximum Gasteiger partial charge on any atom is 0.191 e. The Hall–Kier alpha value is -2.75. The van der Waals surface area contributed by atoms with Crippen LogP contribution in [0.15, 0.2) is 66.3 Å². The molecule has 1 heterocycles. The Bertz CT molecular complexity index is 946. The highest BCUT2D eigenvalue weighted by Crippen LogP contribution is 2.25. The van der Waals surface area contributed by atoms with Gasteiger partial charge in [-0.15, -0.1) is 16.8 Å². The summed E-state index contributed by atoms with van der Waals surface area (Å²) in [4.78, 5) is 0. The van der Waals surface area contributed by atoms with E-state index < -0.39 is 0 Å². The zero-order valence-corrected chi connectivity index (χ0v) is 16.1. The van der Waals surface area contributed by atoms with Gasteiger partial charge in [0.2, 0.25) is 0 Å². The molecule has 0 atom stereocenters. The third kappa shape index (κ3) is 4.91. The second-order valence-corrected chi connectivity index (χ2v) is 7.04. The van der Waals surface area contributed by atoms with Gasteiger partial charge in [0.1, 0.15) is 5.75 Å². The Balaban J connectivity index is 1.63. The zero-order valence-electron chi connectivity index (χ0n) is 14.5. The molecule has 0 amide bonds. The fourth-order valence-corrected chi connectivity index (χ4v) is 3.31. The largest absolute Gasteiger partial charge is 0.493 e. The second-order valence-electron chi connectivity index (χ2n) is 5.55. The van der Waals surface area contributed by atoms with Crippen LogP contribution in [0.2, 0.25) is 5.02 Å². The van der Waals surface area contributed by atoms with Gasteiger partial charge in [0.05, 0.1) is 18.2 Å². The van der Waals surface area contributed by atoms with E-state index >= 15 is 0 Å². The highest BCUT2D eigenvalue weighted by molar-refractivity contribution is 7.99. The molecule has 2 aromatic carbocycles. The first-order valence-corrected chi connectivity index (χ1v) is 9.63. The van der Waals surface area contributed by atoms with Crippen molar-refractivity contribution in [2.24, 2.45) is 0 Å². The lowest BCUT2D eigenvalue weighted by Crippen LogP contribution is -2.04. The highest BCUT2D eigenvalue weighted by atomic mass is 35.5. The summed E-state index contributed by atoms with van der Waals surface area (Å²) < 4.78 is 7.73. The predicted molar refractivity (Wildman–Crippen MR) is 108 cm³/mol. The molecular formula is C20H17ClN4OS. The van der Waals surface area contributed by atoms with Gasteiger partial charge in [0.25, 0.3) is 0 Å². The average Bonchev–Trinajstić information content (AvgIpc) is 3.09. The van der Waals surface area contributed by atoms with E-state index in [1.54, 1.807) is 36.0 Å². The van der Waals surface area contributed by atoms with Crippen molar-refractivity contribution in [2.75, 3.05) is 12.4 Å². The van der Waals surface area contributed by atoms with E-state index in [1.807, 2.05) is 34.9 Å². The standard InChI is InChI=1S/C20H17ClN4OS/c1-2-11-25-19(16-5-7-17(21)8-6-16)23-24-20(25)27-13-12-26-18-9-3-15(14-22)4-10-18/h2-10H,1,11-13H2. The molecule has 7 heteroatoms. The normalized spacial score (nSPS) is 10.4. The van der Waals surface area contributed by atoms with Gasteiger partial charge in [-0.1, -0.05) is 29.4 Å². The number of thioether (sulfide) groups is 1. The fraction of sp³-hybridized carbons (Fsp3) is 0.150. The summed E-state index contributed by atoms with van der Waals surface area (Å²) in [7, 11) is 0. The van der Waals surface area contributed by atoms with Crippen molar-refractivity contribution in [1.82, 2.24) is 14.8 Å². The third-order valence-corrected chi connectivity index (χ3v) is 4.88. The van der Waals surface area contributed by atoms with Gasteiger partial charge in [-0.05, 0) is 48.5 Å². The minimum Gasteiger partial charge on any atom is -0.493 e. The Morgan fingerprint density at radius 1 is 1.15 bits per heavy atom. The lowest BCUT2D eigenvalue weighted by atomic mass is 10.2. The zero-order chi connectivity index (χ0) is 19.1. The van der Waals surface area contributed by atoms with E-state index in [4.69, 9.17) is 21.6 Å². The number of hydrogen-bond donors (Lipinski definition) is 0. The molecule has 5 nitrogen and oxygen atoms in total. The molecule has 3 aromatic rings. The van der Waals surface area contributed by atoms with E-state index in [1.165, 1.54) is 0 Å². The van der Waals surface area contributed by atoms with E-state index in [9.17, 15) is 0 Å². The Kier molecular flexibility index (Phi) is 6.53. The van der Waals surface area contributed by atoms with Crippen LogP contribution >= 0.6 is 23.4 Å². The van der Waals surface area contributed by atoms with Crippen LogP contribution in [0.25, 0.3) is 11.4 Å². The summed E-state index contributed by atoms with van der Waals surface area (Å²) in [5, 5.41) is 18.9. The monoisotopic (exact) mass is 396 g/mol. The number of ether oxygens (including phenoxy) is 1. The van der Waals surface area contributed by atoms with Gasteiger partial charge in [0, 0.05) is 22.9 Å². The molecule has 0 N–H and O–H groups in total. The van der Waals surface area contributed by atoms with Crippen LogP contribution < -0.4 is 4.74 Å². The van der Waals surface area contributed by atoms with Crippen molar-refractivity contribution in [3.8, 4) is 23.2 Å². The van der Waals surface area contributed by atoms with Crippen LogP contribution in [0, 0.1) is 11.3 Å². The lowest BCUT2D eigenvalue weighted by Gasteiger charge is -2.09. The summed E-state index contributed by atoms with van der Waals surface area (Å²) in [6.45, 7) is 4.96. The van der Waals surface area contributed by atoms with Crippen LogP contribution in [0.1, 0.15) is 5.56 Å². The Morgan fingerprint density at radius 2 is 1.89 bits per heavy atom. The van der Waals surface area contributed by atoms with Crippen molar-refractivity contribution >= 4 is 23.4 Å². The van der Waals surface area contributed by atoms with Crippen LogP contribution in [-0.4, -0.2) is 27.1 Å². The number of benzene rings is 2. The first kappa shape index (κ1) is 19.0. The SMILES string of the molecule is C=CCn1c(SCCOc2ccc(C#N)cc2)nnc1-c1ccc(Cl)cc1. The van der Waals surface area contributed by atoms with E-state index in [0.29, 0.717) is 23.7 Å². The van der Waals surface area contributed by atoms with E-state index in [-0.39, 0.29) is 0 Å². The molecule has 3 rings (SSSR count). The fourth-order valence-electron chi connectivity index (χ4n) is 2.42. The molecule has 136 valence electrons. The quantitative estimate of drug-likeness (QED) is 0.310. The van der Waals surface area contributed by atoms with Crippen molar-refractivity contribution < 1.29 is 4.74 Å². The minimum atomic E-state index is 0.522. The van der Waals surface area contributed by atoms with Crippen molar-refractivity contribution in [3.05, 3.63) is 71.8 Å². The Labute approximate surface area is 167 Å². The molecule has 0 saturated carbocycles. The van der Waals surface area contributed by atoms with Gasteiger partial charge in [-0.25, -0.2) is 0 Å². The molecule has 0 fully saturated rings. The van der Waals surface area contributed by atoms with Gasteiger partial charge >= 0.3 is 0 Å². The van der Waals surface area contributed by atoms with Gasteiger partial charge in [-0.2, -0.15) is 5.26 Å². The summed E-state index contributed by atoms with van der Waals surface area (Å²) in [6, 6.07) is 16.7. The number of allylic oxidation sites excluding steroid dienone is 1. The van der Waals surface area contributed by atoms with Crippen LogP contribution in [0.5, 0.6) is 5.75 Å². The van der Waals surface area contributed by atoms with Crippen LogP contribution in [0.3, 0.4) is 0 Å². The molecule has 1 aromatic heterocycles. The Morgan fingerprint density at radius 3 is 2.56 bits per heavy atom. The second kappa shape index (κ2) is 9.26. The molecule has 27 heavy (non-hydrogen) atoms. The number of nitrogens with zero attached hydrogens (tertiary/aromatic N) is 4. The van der Waals surface area contributed by atoms with E-state index in [2.05, 4.69) is 22.8 Å². The molecule has 0 aliphatic carbocycles. The number of rotatable bonds is 8. The summed E-state index contributed by atoms with van der Waals surface area (Å²) in [6.07, 6.45) is 1.82. The smallest absolute Gasteiger partial charge is 0.191 e. The van der Waals surface area contributed by atoms with Gasteiger partial charge < -0.3 is 4.74 Å². The number of halogens is 1. The van der Waals surface area contributed by atoms with Crippen LogP contribution in [0.4, 0.5) is 0 Å². The topological polar surface area (TPSA) is 63.7 Å². The molecule has 0 unspecified atom stereocenters. The third-order valence-electron chi connectivity index (χ3n) is 3.70. The minimum absolute atomic E-state index is 0.522. The summed E-state index contributed by atoms with van der Waals surface area (Å²) in [5.74, 6) is 2.24. The molecule has 0 aliphatic rings. The highest BCUT2D eigenvalue weighted by Gasteiger charge is 2.13. The first-order chi connectivity index (χ1) is 13.2. The molecule has 0 bridgehead atoms. The van der Waals surface area contributed by atoms with Gasteiger partial charge in [0.15, 0.2) is 11.0 Å². The molecular weight excluding hydrogens is 380 g/mol. The average molecular weight is 397 g/mol. The van der Waals surface area contributed by atoms with Crippen molar-refractivity contribution in [1.29, 1.82) is 5.26 Å². The van der Waals surface area contributed by atoms with Crippen molar-refractivity contribution in [2.45, 2.75) is 11.7 Å². The molecule has 0 radical (unpaired) electrons. The van der Waals surface area contributed by atoms with Crippen molar-refractivity contribution in [3.63, 3.8) is 0 Å². The maximum atomic E-state index is 8.81. The predicted octanol–water partition coefficient (Wildman–Crippen LogP) is 4.83. The van der Waals surface area contributed by atoms with E-state index in [0.717, 1.165) is 28.0 Å². The summed E-state index contributed by atoms with van der Waals surface area (Å²) >= 11 is 7.54. The first-order valence-electron chi connectivity index (χ1n) is 8.27. The summed E-state index contributed by atoms with van der Waals surface area (Å²) in [5.41, 5.74) is 1.57. The van der Waals surface area contributed by atoms with Gasteiger partial charge in [-0.3, -0.25) is 4.57 Å². The lowest BCUT2D eigenvalue weighted by molar-refractivity contribution is 0.344. The number of hydrogen-bond acceptors (Lipinski definition) is 5. The van der Waals surface area contributed by atoms with Crippen LogP contribution in [-0.2, 0) is 6.54 Å². The molecule has 0 spiro atoms. The maximum absolute atomic E-state index is 8.81. The molecule has 0 aliphatic heterocycles. The number of aromatic nitrogens is 3. The molecule has 0 saturated heterocycles.